The van der Waals surface area contributed by atoms with Crippen molar-refractivity contribution in [2.75, 3.05) is 33.7 Å². The van der Waals surface area contributed by atoms with Crippen molar-refractivity contribution in [3.63, 3.8) is 0 Å². The minimum absolute atomic E-state index is 0.681. The second kappa shape index (κ2) is 8.73. The highest BCUT2D eigenvalue weighted by atomic mass is 35.5. The SMILES string of the molecule is CN(C)C1CCN(CCc2c(-c3ccc(Cl)cc3Cl)sc3ccccc23)CC1. The first-order valence-electron chi connectivity index (χ1n) is 9.87. The fourth-order valence-corrected chi connectivity index (χ4v) is 6.02. The van der Waals surface area contributed by atoms with E-state index in [9.17, 15) is 0 Å². The molecule has 3 aromatic rings. The van der Waals surface area contributed by atoms with Gasteiger partial charge >= 0.3 is 0 Å². The zero-order valence-electron chi connectivity index (χ0n) is 16.4. The Labute approximate surface area is 181 Å². The number of piperidine rings is 1. The molecular weight excluding hydrogens is 407 g/mol. The number of hydrogen-bond acceptors (Lipinski definition) is 3. The molecule has 4 rings (SSSR count). The van der Waals surface area contributed by atoms with E-state index in [1.165, 1.54) is 46.5 Å². The summed E-state index contributed by atoms with van der Waals surface area (Å²) in [5, 5.41) is 2.77. The molecule has 28 heavy (non-hydrogen) atoms. The van der Waals surface area contributed by atoms with E-state index in [1.807, 2.05) is 23.5 Å². The second-order valence-corrected chi connectivity index (χ2v) is 9.71. The van der Waals surface area contributed by atoms with Crippen LogP contribution in [0, 0.1) is 0 Å². The molecule has 2 nitrogen and oxygen atoms in total. The smallest absolute Gasteiger partial charge is 0.0507 e. The topological polar surface area (TPSA) is 6.48 Å². The lowest BCUT2D eigenvalue weighted by molar-refractivity contribution is 0.146. The van der Waals surface area contributed by atoms with Crippen molar-refractivity contribution in [3.8, 4) is 10.4 Å². The van der Waals surface area contributed by atoms with E-state index in [-0.39, 0.29) is 0 Å². The molecule has 2 heterocycles. The van der Waals surface area contributed by atoms with Crippen LogP contribution < -0.4 is 0 Å². The number of benzene rings is 2. The van der Waals surface area contributed by atoms with Gasteiger partial charge in [0, 0.05) is 32.7 Å². The van der Waals surface area contributed by atoms with Gasteiger partial charge in [-0.05, 0) is 75.6 Å². The number of rotatable bonds is 5. The normalized spacial score (nSPS) is 16.3. The standard InChI is InChI=1S/C23H26Cl2N2S/c1-26(2)17-9-12-27(13-10-17)14-11-19-18-5-3-4-6-22(18)28-23(19)20-8-7-16(24)15-21(20)25/h3-8,15,17H,9-14H2,1-2H3. The number of nitrogens with zero attached hydrogens (tertiary/aromatic N) is 2. The predicted octanol–water partition coefficient (Wildman–Crippen LogP) is 6.44. The minimum atomic E-state index is 0.681. The summed E-state index contributed by atoms with van der Waals surface area (Å²) in [7, 11) is 4.39. The van der Waals surface area contributed by atoms with Crippen LogP contribution in [-0.4, -0.2) is 49.6 Å². The van der Waals surface area contributed by atoms with Crippen LogP contribution in [0.4, 0.5) is 0 Å². The average molecular weight is 433 g/mol. The summed E-state index contributed by atoms with van der Waals surface area (Å²) >= 11 is 14.5. The maximum absolute atomic E-state index is 6.57. The Morgan fingerprint density at radius 1 is 1.07 bits per heavy atom. The van der Waals surface area contributed by atoms with Gasteiger partial charge in [0.05, 0.1) is 5.02 Å². The number of thiophene rings is 1. The van der Waals surface area contributed by atoms with Crippen LogP contribution in [0.25, 0.3) is 20.5 Å². The highest BCUT2D eigenvalue weighted by Gasteiger charge is 2.22. The molecule has 0 unspecified atom stereocenters. The van der Waals surface area contributed by atoms with E-state index >= 15 is 0 Å². The summed E-state index contributed by atoms with van der Waals surface area (Å²) in [6.07, 6.45) is 3.56. The van der Waals surface area contributed by atoms with Gasteiger partial charge in [-0.25, -0.2) is 0 Å². The predicted molar refractivity (Wildman–Crippen MR) is 124 cm³/mol. The molecule has 0 amide bonds. The van der Waals surface area contributed by atoms with E-state index < -0.39 is 0 Å². The Balaban J connectivity index is 1.59. The summed E-state index contributed by atoms with van der Waals surface area (Å²) < 4.78 is 1.32. The van der Waals surface area contributed by atoms with E-state index in [0.29, 0.717) is 5.02 Å². The Morgan fingerprint density at radius 3 is 2.54 bits per heavy atom. The second-order valence-electron chi connectivity index (χ2n) is 7.82. The molecule has 0 atom stereocenters. The molecule has 1 fully saturated rings. The van der Waals surface area contributed by atoms with Gasteiger partial charge in [0.15, 0.2) is 0 Å². The van der Waals surface area contributed by atoms with Crippen LogP contribution in [-0.2, 0) is 6.42 Å². The van der Waals surface area contributed by atoms with Crippen molar-refractivity contribution in [2.24, 2.45) is 0 Å². The van der Waals surface area contributed by atoms with Crippen molar-refractivity contribution in [2.45, 2.75) is 25.3 Å². The molecule has 0 aliphatic carbocycles. The van der Waals surface area contributed by atoms with Gasteiger partial charge in [-0.2, -0.15) is 0 Å². The van der Waals surface area contributed by atoms with Crippen molar-refractivity contribution in [1.82, 2.24) is 9.80 Å². The molecule has 0 bridgehead atoms. The van der Waals surface area contributed by atoms with Gasteiger partial charge in [-0.1, -0.05) is 47.5 Å². The van der Waals surface area contributed by atoms with E-state index in [4.69, 9.17) is 23.2 Å². The van der Waals surface area contributed by atoms with E-state index in [0.717, 1.165) is 29.6 Å². The summed E-state index contributed by atoms with van der Waals surface area (Å²) in [6.45, 7) is 3.46. The Morgan fingerprint density at radius 2 is 1.82 bits per heavy atom. The lowest BCUT2D eigenvalue weighted by atomic mass is 10.0. The fraction of sp³-hybridized carbons (Fsp3) is 0.391. The number of fused-ring (bicyclic) bond motifs is 1. The summed E-state index contributed by atoms with van der Waals surface area (Å²) in [5.41, 5.74) is 2.51. The Bertz CT molecular complexity index is 958. The van der Waals surface area contributed by atoms with Crippen molar-refractivity contribution in [1.29, 1.82) is 0 Å². The molecule has 1 aromatic heterocycles. The van der Waals surface area contributed by atoms with Crippen LogP contribution in [0.3, 0.4) is 0 Å². The zero-order chi connectivity index (χ0) is 19.7. The van der Waals surface area contributed by atoms with Crippen LogP contribution in [0.15, 0.2) is 42.5 Å². The Hall–Kier alpha value is -1.10. The third-order valence-corrected chi connectivity index (χ3v) is 7.63. The molecule has 2 aromatic carbocycles. The summed E-state index contributed by atoms with van der Waals surface area (Å²) in [6, 6.07) is 15.3. The maximum Gasteiger partial charge on any atom is 0.0507 e. The van der Waals surface area contributed by atoms with Gasteiger partial charge in [0.25, 0.3) is 0 Å². The molecule has 1 aliphatic heterocycles. The molecule has 0 radical (unpaired) electrons. The van der Waals surface area contributed by atoms with Crippen LogP contribution in [0.2, 0.25) is 10.0 Å². The molecular formula is C23H26Cl2N2S. The van der Waals surface area contributed by atoms with Gasteiger partial charge in [-0.15, -0.1) is 11.3 Å². The highest BCUT2D eigenvalue weighted by Crippen LogP contribution is 2.42. The first kappa shape index (κ1) is 20.2. The van der Waals surface area contributed by atoms with Gasteiger partial charge < -0.3 is 9.80 Å². The molecule has 1 saturated heterocycles. The third-order valence-electron chi connectivity index (χ3n) is 5.84. The van der Waals surface area contributed by atoms with Crippen LogP contribution >= 0.6 is 34.5 Å². The molecule has 148 valence electrons. The van der Waals surface area contributed by atoms with Gasteiger partial charge in [-0.3, -0.25) is 0 Å². The molecule has 0 saturated carbocycles. The van der Waals surface area contributed by atoms with Crippen molar-refractivity contribution >= 4 is 44.6 Å². The van der Waals surface area contributed by atoms with Crippen molar-refractivity contribution < 1.29 is 0 Å². The third kappa shape index (κ3) is 4.24. The summed E-state index contributed by atoms with van der Waals surface area (Å²) in [4.78, 5) is 6.26. The number of halogens is 2. The maximum atomic E-state index is 6.57. The van der Waals surface area contributed by atoms with Gasteiger partial charge in [0.2, 0.25) is 0 Å². The molecule has 1 aliphatic rings. The van der Waals surface area contributed by atoms with Crippen LogP contribution in [0.1, 0.15) is 18.4 Å². The van der Waals surface area contributed by atoms with Crippen LogP contribution in [0.5, 0.6) is 0 Å². The average Bonchev–Trinajstić information content (AvgIpc) is 3.05. The fourth-order valence-electron chi connectivity index (χ4n) is 4.17. The quantitative estimate of drug-likeness (QED) is 0.457. The molecule has 0 N–H and O–H groups in total. The lowest BCUT2D eigenvalue weighted by Crippen LogP contribution is -2.42. The van der Waals surface area contributed by atoms with E-state index in [1.54, 1.807) is 0 Å². The lowest BCUT2D eigenvalue weighted by Gasteiger charge is -2.35. The molecule has 5 heteroatoms. The Kier molecular flexibility index (Phi) is 6.29. The first-order valence-corrected chi connectivity index (χ1v) is 11.4. The van der Waals surface area contributed by atoms with E-state index in [2.05, 4.69) is 54.2 Å². The highest BCUT2D eigenvalue weighted by molar-refractivity contribution is 7.22. The van der Waals surface area contributed by atoms with Crippen molar-refractivity contribution in [3.05, 3.63) is 58.1 Å². The zero-order valence-corrected chi connectivity index (χ0v) is 18.7. The monoisotopic (exact) mass is 432 g/mol. The summed E-state index contributed by atoms with van der Waals surface area (Å²) in [5.74, 6) is 0. The largest absolute Gasteiger partial charge is 0.306 e. The van der Waals surface area contributed by atoms with Gasteiger partial charge in [0.1, 0.15) is 0 Å². The minimum Gasteiger partial charge on any atom is -0.306 e. The number of likely N-dealkylation sites (tertiary alicyclic amines) is 1. The molecule has 0 spiro atoms. The first-order chi connectivity index (χ1) is 13.5. The number of hydrogen-bond donors (Lipinski definition) is 0.